The van der Waals surface area contributed by atoms with E-state index in [1.54, 1.807) is 0 Å². The van der Waals surface area contributed by atoms with Gasteiger partial charge in [-0.25, -0.2) is 0 Å². The highest BCUT2D eigenvalue weighted by atomic mass is 16.2. The van der Waals surface area contributed by atoms with Crippen molar-refractivity contribution in [2.75, 3.05) is 0 Å². The lowest BCUT2D eigenvalue weighted by Gasteiger charge is -2.16. The van der Waals surface area contributed by atoms with Crippen LogP contribution in [-0.2, 0) is 4.79 Å². The van der Waals surface area contributed by atoms with Crippen molar-refractivity contribution in [1.82, 2.24) is 5.32 Å². The van der Waals surface area contributed by atoms with Gasteiger partial charge in [-0.3, -0.25) is 4.79 Å². The van der Waals surface area contributed by atoms with Gasteiger partial charge in [0.2, 0.25) is 5.91 Å². The first-order valence-electron chi connectivity index (χ1n) is 5.99. The molecule has 0 aromatic carbocycles. The zero-order chi connectivity index (χ0) is 10.7. The Balaban J connectivity index is 1.87. The number of carbonyl (C=O) groups excluding carboxylic acids is 1. The van der Waals surface area contributed by atoms with E-state index < -0.39 is 5.54 Å². The highest BCUT2D eigenvalue weighted by Gasteiger charge is 2.45. The highest BCUT2D eigenvalue weighted by Crippen LogP contribution is 2.35. The first-order chi connectivity index (χ1) is 7.26. The Bertz CT molecular complexity index is 280. The second kappa shape index (κ2) is 4.22. The standard InChI is InChI=1S/C12H18N2O/c13-9-12(7-8-12)14-11(15)10-5-3-1-2-4-6-10/h10H,1-8H2,(H,14,15). The molecule has 0 aromatic heterocycles. The maximum absolute atomic E-state index is 11.9. The average Bonchev–Trinajstić information content (AvgIpc) is 3.00. The maximum atomic E-state index is 11.9. The van der Waals surface area contributed by atoms with E-state index in [0.717, 1.165) is 38.5 Å². The van der Waals surface area contributed by atoms with E-state index >= 15 is 0 Å². The fourth-order valence-electron chi connectivity index (χ4n) is 2.27. The molecule has 2 fully saturated rings. The Kier molecular flexibility index (Phi) is 2.95. The van der Waals surface area contributed by atoms with Crippen molar-refractivity contribution in [3.63, 3.8) is 0 Å². The summed E-state index contributed by atoms with van der Waals surface area (Å²) in [6.07, 6.45) is 8.53. The second-order valence-corrected chi connectivity index (χ2v) is 4.87. The van der Waals surface area contributed by atoms with Crippen LogP contribution < -0.4 is 5.32 Å². The van der Waals surface area contributed by atoms with E-state index in [4.69, 9.17) is 5.26 Å². The van der Waals surface area contributed by atoms with Gasteiger partial charge in [-0.1, -0.05) is 25.7 Å². The van der Waals surface area contributed by atoms with E-state index in [-0.39, 0.29) is 11.8 Å². The summed E-state index contributed by atoms with van der Waals surface area (Å²) in [5.41, 5.74) is -0.483. The third kappa shape index (κ3) is 2.50. The largest absolute Gasteiger partial charge is 0.338 e. The summed E-state index contributed by atoms with van der Waals surface area (Å²) < 4.78 is 0. The number of rotatable bonds is 2. The summed E-state index contributed by atoms with van der Waals surface area (Å²) in [5.74, 6) is 0.286. The first-order valence-corrected chi connectivity index (χ1v) is 5.99. The van der Waals surface area contributed by atoms with Crippen LogP contribution in [0.5, 0.6) is 0 Å². The maximum Gasteiger partial charge on any atom is 0.224 e. The van der Waals surface area contributed by atoms with Gasteiger partial charge in [-0.2, -0.15) is 5.26 Å². The Hall–Kier alpha value is -1.04. The minimum atomic E-state index is -0.483. The minimum Gasteiger partial charge on any atom is -0.338 e. The number of hydrogen-bond donors (Lipinski definition) is 1. The predicted octanol–water partition coefficient (Wildman–Crippen LogP) is 2.13. The molecule has 82 valence electrons. The fourth-order valence-corrected chi connectivity index (χ4v) is 2.27. The molecule has 1 N–H and O–H groups in total. The van der Waals surface area contributed by atoms with Crippen LogP contribution in [0.2, 0.25) is 0 Å². The van der Waals surface area contributed by atoms with Crippen molar-refractivity contribution >= 4 is 5.91 Å². The van der Waals surface area contributed by atoms with Crippen LogP contribution in [0.1, 0.15) is 51.4 Å². The SMILES string of the molecule is N#CC1(NC(=O)C2CCCCCC2)CC1. The van der Waals surface area contributed by atoms with Crippen LogP contribution in [0, 0.1) is 17.2 Å². The molecular weight excluding hydrogens is 188 g/mol. The van der Waals surface area contributed by atoms with Crippen LogP contribution in [0.4, 0.5) is 0 Å². The minimum absolute atomic E-state index is 0.121. The Labute approximate surface area is 90.8 Å². The Morgan fingerprint density at radius 1 is 1.20 bits per heavy atom. The molecule has 1 amide bonds. The molecular formula is C12H18N2O. The normalized spacial score (nSPS) is 25.0. The van der Waals surface area contributed by atoms with E-state index in [1.807, 2.05) is 0 Å². The molecule has 0 unspecified atom stereocenters. The lowest BCUT2D eigenvalue weighted by atomic mass is 9.99. The molecule has 3 nitrogen and oxygen atoms in total. The fraction of sp³-hybridized carbons (Fsp3) is 0.833. The molecule has 2 aliphatic carbocycles. The molecule has 0 radical (unpaired) electrons. The molecule has 0 bridgehead atoms. The van der Waals surface area contributed by atoms with Gasteiger partial charge >= 0.3 is 0 Å². The van der Waals surface area contributed by atoms with Crippen molar-refractivity contribution in [2.45, 2.75) is 56.9 Å². The van der Waals surface area contributed by atoms with Gasteiger partial charge in [-0.15, -0.1) is 0 Å². The topological polar surface area (TPSA) is 52.9 Å². The quantitative estimate of drug-likeness (QED) is 0.704. The van der Waals surface area contributed by atoms with Crippen LogP contribution in [0.25, 0.3) is 0 Å². The third-order valence-corrected chi connectivity index (χ3v) is 3.55. The summed E-state index contributed by atoms with van der Waals surface area (Å²) in [7, 11) is 0. The van der Waals surface area contributed by atoms with Gasteiger partial charge in [0, 0.05) is 5.92 Å². The summed E-state index contributed by atoms with van der Waals surface area (Å²) in [4.78, 5) is 11.9. The van der Waals surface area contributed by atoms with Crippen LogP contribution in [0.15, 0.2) is 0 Å². The van der Waals surface area contributed by atoms with E-state index in [2.05, 4.69) is 11.4 Å². The zero-order valence-electron chi connectivity index (χ0n) is 9.09. The number of nitriles is 1. The second-order valence-electron chi connectivity index (χ2n) is 4.87. The van der Waals surface area contributed by atoms with Gasteiger partial charge in [0.1, 0.15) is 5.54 Å². The van der Waals surface area contributed by atoms with Crippen LogP contribution in [-0.4, -0.2) is 11.4 Å². The smallest absolute Gasteiger partial charge is 0.224 e. The molecule has 2 aliphatic rings. The van der Waals surface area contributed by atoms with Gasteiger partial charge in [0.05, 0.1) is 6.07 Å². The first kappa shape index (κ1) is 10.5. The number of carbonyl (C=O) groups is 1. The number of nitrogens with one attached hydrogen (secondary N) is 1. The van der Waals surface area contributed by atoms with Gasteiger partial charge in [-0.05, 0) is 25.7 Å². The zero-order valence-corrected chi connectivity index (χ0v) is 9.09. The molecule has 2 rings (SSSR count). The Morgan fingerprint density at radius 3 is 2.27 bits per heavy atom. The van der Waals surface area contributed by atoms with Crippen LogP contribution >= 0.6 is 0 Å². The lowest BCUT2D eigenvalue weighted by molar-refractivity contribution is -0.126. The summed E-state index contributed by atoms with van der Waals surface area (Å²) >= 11 is 0. The molecule has 2 saturated carbocycles. The molecule has 0 aliphatic heterocycles. The van der Waals surface area contributed by atoms with E-state index in [9.17, 15) is 4.79 Å². The lowest BCUT2D eigenvalue weighted by Crippen LogP contribution is -2.39. The van der Waals surface area contributed by atoms with Crippen molar-refractivity contribution in [1.29, 1.82) is 5.26 Å². The van der Waals surface area contributed by atoms with Crippen LogP contribution in [0.3, 0.4) is 0 Å². The average molecular weight is 206 g/mol. The molecule has 0 saturated heterocycles. The third-order valence-electron chi connectivity index (χ3n) is 3.55. The van der Waals surface area contributed by atoms with Gasteiger partial charge in [0.25, 0.3) is 0 Å². The summed E-state index contributed by atoms with van der Waals surface area (Å²) in [6.45, 7) is 0. The molecule has 15 heavy (non-hydrogen) atoms. The van der Waals surface area contributed by atoms with E-state index in [0.29, 0.717) is 0 Å². The molecule has 0 atom stereocenters. The molecule has 3 heteroatoms. The summed E-state index contributed by atoms with van der Waals surface area (Å²) in [6, 6.07) is 2.21. The van der Waals surface area contributed by atoms with E-state index in [1.165, 1.54) is 12.8 Å². The molecule has 0 aromatic rings. The number of amides is 1. The summed E-state index contributed by atoms with van der Waals surface area (Å²) in [5, 5.41) is 11.8. The van der Waals surface area contributed by atoms with Crippen molar-refractivity contribution in [3.8, 4) is 6.07 Å². The predicted molar refractivity (Wildman–Crippen MR) is 56.9 cm³/mol. The Morgan fingerprint density at radius 2 is 1.80 bits per heavy atom. The number of nitrogens with zero attached hydrogens (tertiary/aromatic N) is 1. The highest BCUT2D eigenvalue weighted by molar-refractivity contribution is 5.80. The van der Waals surface area contributed by atoms with Crippen molar-refractivity contribution in [2.24, 2.45) is 5.92 Å². The van der Waals surface area contributed by atoms with Crippen molar-refractivity contribution < 1.29 is 4.79 Å². The van der Waals surface area contributed by atoms with Gasteiger partial charge < -0.3 is 5.32 Å². The van der Waals surface area contributed by atoms with Crippen molar-refractivity contribution in [3.05, 3.63) is 0 Å². The number of hydrogen-bond acceptors (Lipinski definition) is 2. The monoisotopic (exact) mass is 206 g/mol. The molecule has 0 spiro atoms. The van der Waals surface area contributed by atoms with Gasteiger partial charge in [0.15, 0.2) is 0 Å². The molecule has 0 heterocycles.